The molecule has 1 atom stereocenters. The first kappa shape index (κ1) is 68.3. The van der Waals surface area contributed by atoms with Crippen LogP contribution in [0.25, 0.3) is 0 Å². The van der Waals surface area contributed by atoms with Crippen LogP contribution in [0.15, 0.2) is 146 Å². The molecule has 0 heterocycles. The van der Waals surface area contributed by atoms with Crippen LogP contribution in [0.3, 0.4) is 0 Å². The molecule has 0 aromatic carbocycles. The van der Waals surface area contributed by atoms with Gasteiger partial charge in [0.1, 0.15) is 13.2 Å². The summed E-state index contributed by atoms with van der Waals surface area (Å²) in [5.74, 6) is -1.12. The van der Waals surface area contributed by atoms with Crippen LogP contribution in [-0.4, -0.2) is 37.2 Å². The SMILES string of the molecule is CC/C=C\C/C=C\C/C=C\C/C=C\C/C=C\C/C=C\CCC(=O)OC[C@H](COC(=O)CC/C=C\C/C=C\C/C=C\C/C=C\C/C=C\CCCCC)OC(=O)CCCCCCCCC/C=C\CCCCCCCC. The summed E-state index contributed by atoms with van der Waals surface area (Å²) in [5, 5.41) is 0. The monoisotopic (exact) mass is 1010 g/mol. The van der Waals surface area contributed by atoms with Crippen molar-refractivity contribution in [3.63, 3.8) is 0 Å². The molecule has 6 heteroatoms. The molecule has 0 N–H and O–H groups in total. The van der Waals surface area contributed by atoms with E-state index >= 15 is 0 Å². The van der Waals surface area contributed by atoms with E-state index in [9.17, 15) is 14.4 Å². The van der Waals surface area contributed by atoms with Gasteiger partial charge in [0.2, 0.25) is 0 Å². The number of allylic oxidation sites excluding steroid dienone is 24. The maximum absolute atomic E-state index is 12.9. The molecule has 0 aromatic heterocycles. The van der Waals surface area contributed by atoms with Crippen molar-refractivity contribution < 1.29 is 28.6 Å². The Morgan fingerprint density at radius 2 is 0.562 bits per heavy atom. The highest BCUT2D eigenvalue weighted by Gasteiger charge is 2.19. The minimum Gasteiger partial charge on any atom is -0.462 e. The molecule has 0 unspecified atom stereocenters. The zero-order valence-corrected chi connectivity index (χ0v) is 46.8. The number of unbranched alkanes of at least 4 members (excludes halogenated alkanes) is 16. The van der Waals surface area contributed by atoms with Gasteiger partial charge in [-0.15, -0.1) is 0 Å². The Morgan fingerprint density at radius 3 is 0.932 bits per heavy atom. The third-order valence-electron chi connectivity index (χ3n) is 11.8. The summed E-state index contributed by atoms with van der Waals surface area (Å²) in [7, 11) is 0. The predicted octanol–water partition coefficient (Wildman–Crippen LogP) is 20.0. The fourth-order valence-electron chi connectivity index (χ4n) is 7.44. The Labute approximate surface area is 448 Å². The second-order valence-electron chi connectivity index (χ2n) is 18.8. The van der Waals surface area contributed by atoms with Crippen molar-refractivity contribution in [3.05, 3.63) is 146 Å². The smallest absolute Gasteiger partial charge is 0.306 e. The van der Waals surface area contributed by atoms with E-state index in [0.29, 0.717) is 12.8 Å². The average molecular weight is 1010 g/mol. The number of hydrogen-bond acceptors (Lipinski definition) is 6. The second-order valence-corrected chi connectivity index (χ2v) is 18.8. The first-order valence-electron chi connectivity index (χ1n) is 29.3. The van der Waals surface area contributed by atoms with Crippen LogP contribution in [0.4, 0.5) is 0 Å². The van der Waals surface area contributed by atoms with Crippen LogP contribution in [0.2, 0.25) is 0 Å². The molecule has 0 aliphatic rings. The van der Waals surface area contributed by atoms with Crippen LogP contribution in [0.5, 0.6) is 0 Å². The minimum absolute atomic E-state index is 0.148. The summed E-state index contributed by atoms with van der Waals surface area (Å²) in [5.41, 5.74) is 0. The van der Waals surface area contributed by atoms with Gasteiger partial charge in [0.25, 0.3) is 0 Å². The normalized spacial score (nSPS) is 13.2. The predicted molar refractivity (Wildman–Crippen MR) is 315 cm³/mol. The van der Waals surface area contributed by atoms with Crippen molar-refractivity contribution in [2.75, 3.05) is 13.2 Å². The van der Waals surface area contributed by atoms with Gasteiger partial charge >= 0.3 is 17.9 Å². The standard InChI is InChI=1S/C67H106O6/c1-4-7-10-13-16-19-22-25-28-31-33-36-38-41-44-47-50-53-56-59-65(68)71-62-64(73-67(70)61-58-55-52-49-46-43-40-35-30-27-24-21-18-15-12-9-6-3)63-72-66(69)60-57-54-51-48-45-42-39-37-34-32-29-26-23-20-17-14-11-8-5-2/h7,10,16-17,19-20,25-30,33-34,36-37,41-42,44-45,50-51,53-54,64H,4-6,8-9,11-15,18,21-24,31-32,35,38-40,43,46-49,52,55-63H2,1-3H3/b10-7-,19-16-,20-17-,28-25-,29-26-,30-27-,36-33-,37-34-,44-41-,45-42-,53-50-,54-51-/t64-/m1/s1. The molecule has 6 nitrogen and oxygen atoms in total. The molecule has 0 aliphatic heterocycles. The van der Waals surface area contributed by atoms with Gasteiger partial charge in [-0.25, -0.2) is 0 Å². The van der Waals surface area contributed by atoms with E-state index in [-0.39, 0.29) is 50.4 Å². The third kappa shape index (κ3) is 58.1. The van der Waals surface area contributed by atoms with Crippen LogP contribution in [-0.2, 0) is 28.6 Å². The topological polar surface area (TPSA) is 78.9 Å². The summed E-state index contributed by atoms with van der Waals surface area (Å²) in [6.07, 6.45) is 85.7. The molecule has 0 saturated carbocycles. The van der Waals surface area contributed by atoms with Crippen molar-refractivity contribution in [2.24, 2.45) is 0 Å². The molecular formula is C67H106O6. The number of rotatable bonds is 51. The Balaban J connectivity index is 4.63. The van der Waals surface area contributed by atoms with Crippen molar-refractivity contribution in [1.82, 2.24) is 0 Å². The summed E-state index contributed by atoms with van der Waals surface area (Å²) < 4.78 is 16.7. The Hall–Kier alpha value is -4.71. The van der Waals surface area contributed by atoms with Gasteiger partial charge in [-0.05, 0) is 122 Å². The van der Waals surface area contributed by atoms with Gasteiger partial charge in [0.05, 0.1) is 0 Å². The first-order chi connectivity index (χ1) is 36.0. The Morgan fingerprint density at radius 1 is 0.288 bits per heavy atom. The molecule has 0 aromatic rings. The van der Waals surface area contributed by atoms with Gasteiger partial charge in [0.15, 0.2) is 6.10 Å². The highest BCUT2D eigenvalue weighted by Crippen LogP contribution is 2.13. The molecule has 0 saturated heterocycles. The highest BCUT2D eigenvalue weighted by atomic mass is 16.6. The number of ether oxygens (including phenoxy) is 3. The van der Waals surface area contributed by atoms with Gasteiger partial charge in [0, 0.05) is 19.3 Å². The maximum atomic E-state index is 12.9. The van der Waals surface area contributed by atoms with E-state index < -0.39 is 6.10 Å². The van der Waals surface area contributed by atoms with E-state index in [2.05, 4.69) is 142 Å². The fourth-order valence-corrected chi connectivity index (χ4v) is 7.44. The zero-order chi connectivity index (χ0) is 52.9. The van der Waals surface area contributed by atoms with Crippen molar-refractivity contribution in [2.45, 2.75) is 245 Å². The molecule has 410 valence electrons. The van der Waals surface area contributed by atoms with Crippen molar-refractivity contribution >= 4 is 17.9 Å². The number of hydrogen-bond donors (Lipinski definition) is 0. The summed E-state index contributed by atoms with van der Waals surface area (Å²) in [6, 6.07) is 0. The fraction of sp³-hybridized carbons (Fsp3) is 0.597. The van der Waals surface area contributed by atoms with Crippen molar-refractivity contribution in [1.29, 1.82) is 0 Å². The van der Waals surface area contributed by atoms with E-state index in [0.717, 1.165) is 83.5 Å². The second kappa shape index (κ2) is 59.8. The molecular weight excluding hydrogens is 901 g/mol. The quantitative estimate of drug-likeness (QED) is 0.0261. The molecule has 0 bridgehead atoms. The zero-order valence-electron chi connectivity index (χ0n) is 46.8. The van der Waals surface area contributed by atoms with Gasteiger partial charge in [-0.2, -0.15) is 0 Å². The van der Waals surface area contributed by atoms with Gasteiger partial charge in [-0.3, -0.25) is 14.4 Å². The lowest BCUT2D eigenvalue weighted by Gasteiger charge is -2.18. The van der Waals surface area contributed by atoms with Crippen LogP contribution < -0.4 is 0 Å². The summed E-state index contributed by atoms with van der Waals surface area (Å²) in [6.45, 7) is 6.35. The summed E-state index contributed by atoms with van der Waals surface area (Å²) in [4.78, 5) is 38.1. The summed E-state index contributed by atoms with van der Waals surface area (Å²) >= 11 is 0. The van der Waals surface area contributed by atoms with E-state index in [1.54, 1.807) is 0 Å². The molecule has 0 spiro atoms. The van der Waals surface area contributed by atoms with Crippen LogP contribution >= 0.6 is 0 Å². The molecule has 0 fully saturated rings. The number of carbonyl (C=O) groups is 3. The first-order valence-corrected chi connectivity index (χ1v) is 29.3. The van der Waals surface area contributed by atoms with E-state index in [1.165, 1.54) is 103 Å². The molecule has 0 rings (SSSR count). The number of carbonyl (C=O) groups excluding carboxylic acids is 3. The molecule has 0 amide bonds. The van der Waals surface area contributed by atoms with E-state index in [1.807, 2.05) is 24.3 Å². The minimum atomic E-state index is -0.848. The van der Waals surface area contributed by atoms with Crippen LogP contribution in [0.1, 0.15) is 239 Å². The maximum Gasteiger partial charge on any atom is 0.306 e. The highest BCUT2D eigenvalue weighted by molar-refractivity contribution is 5.71. The number of esters is 3. The molecule has 0 radical (unpaired) electrons. The van der Waals surface area contributed by atoms with Gasteiger partial charge in [-0.1, -0.05) is 244 Å². The van der Waals surface area contributed by atoms with Crippen molar-refractivity contribution in [3.8, 4) is 0 Å². The largest absolute Gasteiger partial charge is 0.462 e. The lowest BCUT2D eigenvalue weighted by Crippen LogP contribution is -2.30. The lowest BCUT2D eigenvalue weighted by molar-refractivity contribution is -0.166. The van der Waals surface area contributed by atoms with Gasteiger partial charge < -0.3 is 14.2 Å². The van der Waals surface area contributed by atoms with E-state index in [4.69, 9.17) is 14.2 Å². The Kier molecular flexibility index (Phi) is 56.0. The molecule has 73 heavy (non-hydrogen) atoms. The molecule has 0 aliphatic carbocycles. The average Bonchev–Trinajstić information content (AvgIpc) is 3.39. The third-order valence-corrected chi connectivity index (χ3v) is 11.8. The Bertz CT molecular complexity index is 1630. The lowest BCUT2D eigenvalue weighted by atomic mass is 10.1. The van der Waals surface area contributed by atoms with Crippen LogP contribution in [0, 0.1) is 0 Å².